The topological polar surface area (TPSA) is 21.3 Å². The number of ether oxygens (including phenoxy) is 1. The Labute approximate surface area is 99.1 Å². The third kappa shape index (κ3) is 3.03. The van der Waals surface area contributed by atoms with E-state index in [0.29, 0.717) is 0 Å². The van der Waals surface area contributed by atoms with Crippen LogP contribution in [0.15, 0.2) is 28.7 Å². The van der Waals surface area contributed by atoms with Gasteiger partial charge in [0.1, 0.15) is 0 Å². The highest BCUT2D eigenvalue weighted by Crippen LogP contribution is 2.19. The quantitative estimate of drug-likeness (QED) is 0.890. The molecule has 3 heteroatoms. The summed E-state index contributed by atoms with van der Waals surface area (Å²) in [5, 5.41) is 3.52. The molecule has 0 saturated carbocycles. The molecule has 1 aromatic carbocycles. The smallest absolute Gasteiger partial charge is 0.0649 e. The first-order valence-corrected chi connectivity index (χ1v) is 6.04. The fourth-order valence-electron chi connectivity index (χ4n) is 1.98. The minimum atomic E-state index is 0.0824. The van der Waals surface area contributed by atoms with Crippen molar-refractivity contribution in [2.24, 2.45) is 0 Å². The Balaban J connectivity index is 2.06. The largest absolute Gasteiger partial charge is 0.378 e. The average Bonchev–Trinajstić information content (AvgIpc) is 2.18. The summed E-state index contributed by atoms with van der Waals surface area (Å²) in [5.74, 6) is 0. The van der Waals surface area contributed by atoms with Crippen LogP contribution in [-0.4, -0.2) is 25.3 Å². The standard InChI is InChI=1S/C12H16BrNO/c1-12(9-15-6-5-14-12)8-10-3-2-4-11(13)7-10/h2-4,7,14H,5-6,8-9H2,1H3. The molecule has 0 amide bonds. The second-order valence-electron chi connectivity index (χ2n) is 4.35. The van der Waals surface area contributed by atoms with Crippen LogP contribution in [0.3, 0.4) is 0 Å². The molecule has 1 saturated heterocycles. The first-order valence-electron chi connectivity index (χ1n) is 5.25. The molecule has 15 heavy (non-hydrogen) atoms. The summed E-state index contributed by atoms with van der Waals surface area (Å²) >= 11 is 3.49. The third-order valence-electron chi connectivity index (χ3n) is 2.70. The number of nitrogens with one attached hydrogen (secondary N) is 1. The van der Waals surface area contributed by atoms with Gasteiger partial charge in [-0.2, -0.15) is 0 Å². The van der Waals surface area contributed by atoms with Gasteiger partial charge in [-0.25, -0.2) is 0 Å². The normalized spacial score (nSPS) is 26.5. The molecule has 1 N–H and O–H groups in total. The van der Waals surface area contributed by atoms with Crippen molar-refractivity contribution in [3.8, 4) is 0 Å². The van der Waals surface area contributed by atoms with Crippen LogP contribution < -0.4 is 5.32 Å². The Bertz CT molecular complexity index is 334. The number of hydrogen-bond donors (Lipinski definition) is 1. The van der Waals surface area contributed by atoms with Gasteiger partial charge in [0.2, 0.25) is 0 Å². The molecule has 82 valence electrons. The summed E-state index contributed by atoms with van der Waals surface area (Å²) in [5.41, 5.74) is 1.42. The first-order chi connectivity index (χ1) is 7.18. The van der Waals surface area contributed by atoms with E-state index in [9.17, 15) is 0 Å². The summed E-state index contributed by atoms with van der Waals surface area (Å²) in [6, 6.07) is 8.46. The maximum absolute atomic E-state index is 5.51. The lowest BCUT2D eigenvalue weighted by molar-refractivity contribution is 0.0356. The molecule has 0 aromatic heterocycles. The fourth-order valence-corrected chi connectivity index (χ4v) is 2.43. The predicted molar refractivity (Wildman–Crippen MR) is 65.1 cm³/mol. The maximum Gasteiger partial charge on any atom is 0.0649 e. The second kappa shape index (κ2) is 4.64. The third-order valence-corrected chi connectivity index (χ3v) is 3.20. The minimum Gasteiger partial charge on any atom is -0.378 e. The Hall–Kier alpha value is -0.380. The number of hydrogen-bond acceptors (Lipinski definition) is 2. The van der Waals surface area contributed by atoms with Crippen molar-refractivity contribution in [1.82, 2.24) is 5.32 Å². The Morgan fingerprint density at radius 2 is 2.40 bits per heavy atom. The zero-order valence-electron chi connectivity index (χ0n) is 8.92. The maximum atomic E-state index is 5.51. The van der Waals surface area contributed by atoms with Gasteiger partial charge in [0.25, 0.3) is 0 Å². The minimum absolute atomic E-state index is 0.0824. The lowest BCUT2D eigenvalue weighted by Gasteiger charge is -2.35. The van der Waals surface area contributed by atoms with Gasteiger partial charge in [-0.3, -0.25) is 0 Å². The van der Waals surface area contributed by atoms with E-state index < -0.39 is 0 Å². The van der Waals surface area contributed by atoms with Crippen molar-refractivity contribution >= 4 is 15.9 Å². The van der Waals surface area contributed by atoms with Crippen LogP contribution in [0.4, 0.5) is 0 Å². The van der Waals surface area contributed by atoms with Crippen molar-refractivity contribution in [1.29, 1.82) is 0 Å². The van der Waals surface area contributed by atoms with Crippen LogP contribution in [-0.2, 0) is 11.2 Å². The van der Waals surface area contributed by atoms with Crippen molar-refractivity contribution in [2.75, 3.05) is 19.8 Å². The van der Waals surface area contributed by atoms with Crippen LogP contribution >= 0.6 is 15.9 Å². The van der Waals surface area contributed by atoms with E-state index in [0.717, 1.165) is 30.7 Å². The molecule has 2 nitrogen and oxygen atoms in total. The zero-order valence-corrected chi connectivity index (χ0v) is 10.5. The first kappa shape index (κ1) is 11.1. The Morgan fingerprint density at radius 3 is 3.07 bits per heavy atom. The highest BCUT2D eigenvalue weighted by molar-refractivity contribution is 9.10. The molecule has 1 aliphatic heterocycles. The van der Waals surface area contributed by atoms with Gasteiger partial charge in [0, 0.05) is 16.6 Å². The summed E-state index contributed by atoms with van der Waals surface area (Å²) in [6.07, 6.45) is 1.01. The van der Waals surface area contributed by atoms with Crippen molar-refractivity contribution in [3.05, 3.63) is 34.3 Å². The van der Waals surface area contributed by atoms with Crippen LogP contribution in [0.2, 0.25) is 0 Å². The highest BCUT2D eigenvalue weighted by Gasteiger charge is 2.27. The van der Waals surface area contributed by atoms with Gasteiger partial charge >= 0.3 is 0 Å². The van der Waals surface area contributed by atoms with Gasteiger partial charge in [-0.05, 0) is 31.0 Å². The van der Waals surface area contributed by atoms with Crippen molar-refractivity contribution in [3.63, 3.8) is 0 Å². The predicted octanol–water partition coefficient (Wildman–Crippen LogP) is 2.37. The number of benzene rings is 1. The molecule has 1 heterocycles. The molecule has 1 aromatic rings. The Kier molecular flexibility index (Phi) is 3.44. The number of halogens is 1. The average molecular weight is 270 g/mol. The summed E-state index contributed by atoms with van der Waals surface area (Å²) in [6.45, 7) is 4.78. The van der Waals surface area contributed by atoms with E-state index in [1.165, 1.54) is 5.56 Å². The van der Waals surface area contributed by atoms with Crippen LogP contribution in [0.25, 0.3) is 0 Å². The zero-order chi connectivity index (χ0) is 10.7. The van der Waals surface area contributed by atoms with Gasteiger partial charge < -0.3 is 10.1 Å². The molecule has 0 spiro atoms. The van der Waals surface area contributed by atoms with E-state index in [4.69, 9.17) is 4.74 Å². The van der Waals surface area contributed by atoms with Crippen molar-refractivity contribution < 1.29 is 4.74 Å². The molecule has 0 bridgehead atoms. The molecular formula is C12H16BrNO. The number of morpholine rings is 1. The molecule has 0 aliphatic carbocycles. The molecule has 2 rings (SSSR count). The van der Waals surface area contributed by atoms with Crippen LogP contribution in [0.1, 0.15) is 12.5 Å². The highest BCUT2D eigenvalue weighted by atomic mass is 79.9. The molecule has 1 fully saturated rings. The fraction of sp³-hybridized carbons (Fsp3) is 0.500. The second-order valence-corrected chi connectivity index (χ2v) is 5.26. The monoisotopic (exact) mass is 269 g/mol. The molecule has 1 unspecified atom stereocenters. The Morgan fingerprint density at radius 1 is 1.53 bits per heavy atom. The van der Waals surface area contributed by atoms with Gasteiger partial charge in [-0.1, -0.05) is 28.1 Å². The molecule has 1 aliphatic rings. The van der Waals surface area contributed by atoms with E-state index >= 15 is 0 Å². The van der Waals surface area contributed by atoms with E-state index in [1.54, 1.807) is 0 Å². The van der Waals surface area contributed by atoms with Gasteiger partial charge in [-0.15, -0.1) is 0 Å². The van der Waals surface area contributed by atoms with Crippen LogP contribution in [0.5, 0.6) is 0 Å². The number of rotatable bonds is 2. The summed E-state index contributed by atoms with van der Waals surface area (Å²) in [7, 11) is 0. The SMILES string of the molecule is CC1(Cc2cccc(Br)c2)COCCN1. The van der Waals surface area contributed by atoms with E-state index in [2.05, 4.69) is 52.4 Å². The van der Waals surface area contributed by atoms with Gasteiger partial charge in [0.15, 0.2) is 0 Å². The molecule has 0 radical (unpaired) electrons. The van der Waals surface area contributed by atoms with Crippen molar-refractivity contribution in [2.45, 2.75) is 18.9 Å². The molecule has 1 atom stereocenters. The van der Waals surface area contributed by atoms with Crippen LogP contribution in [0, 0.1) is 0 Å². The lowest BCUT2D eigenvalue weighted by atomic mass is 9.93. The van der Waals surface area contributed by atoms with Gasteiger partial charge in [0.05, 0.1) is 13.2 Å². The lowest BCUT2D eigenvalue weighted by Crippen LogP contribution is -2.53. The van der Waals surface area contributed by atoms with E-state index in [1.807, 2.05) is 0 Å². The molecular weight excluding hydrogens is 254 g/mol. The summed E-state index contributed by atoms with van der Waals surface area (Å²) in [4.78, 5) is 0. The van der Waals surface area contributed by atoms with E-state index in [-0.39, 0.29) is 5.54 Å². The summed E-state index contributed by atoms with van der Waals surface area (Å²) < 4.78 is 6.65.